The van der Waals surface area contributed by atoms with Crippen molar-refractivity contribution in [2.75, 3.05) is 6.61 Å². The van der Waals surface area contributed by atoms with E-state index in [1.807, 2.05) is 25.3 Å². The topological polar surface area (TPSA) is 22.1 Å². The average molecular weight is 165 g/mol. The van der Waals surface area contributed by atoms with Gasteiger partial charge in [-0.25, -0.2) is 0 Å². The van der Waals surface area contributed by atoms with Crippen molar-refractivity contribution >= 4 is 0 Å². The first-order chi connectivity index (χ1) is 5.88. The van der Waals surface area contributed by atoms with E-state index in [-0.39, 0.29) is 0 Å². The summed E-state index contributed by atoms with van der Waals surface area (Å²) < 4.78 is 5.43. The molecule has 0 aromatic carbocycles. The molecular weight excluding hydrogens is 150 g/mol. The molecule has 1 aromatic heterocycles. The second kappa shape index (κ2) is 4.75. The van der Waals surface area contributed by atoms with E-state index in [4.69, 9.17) is 4.74 Å². The largest absolute Gasteiger partial charge is 0.492 e. The standard InChI is InChI=1S/C10H15NO/c1-3-6-9-10(12-4-2)7-5-8-11-9/h5,7-8H,3-4,6H2,1-2H3. The summed E-state index contributed by atoms with van der Waals surface area (Å²) in [7, 11) is 0. The van der Waals surface area contributed by atoms with Crippen LogP contribution < -0.4 is 4.74 Å². The molecule has 0 saturated carbocycles. The molecule has 0 fully saturated rings. The van der Waals surface area contributed by atoms with Gasteiger partial charge in [-0.15, -0.1) is 0 Å². The fourth-order valence-corrected chi connectivity index (χ4v) is 1.13. The van der Waals surface area contributed by atoms with Crippen molar-refractivity contribution in [1.82, 2.24) is 4.98 Å². The summed E-state index contributed by atoms with van der Waals surface area (Å²) in [6.45, 7) is 4.84. The first-order valence-electron chi connectivity index (χ1n) is 4.45. The van der Waals surface area contributed by atoms with E-state index in [1.54, 1.807) is 0 Å². The summed E-state index contributed by atoms with van der Waals surface area (Å²) in [5, 5.41) is 0. The molecule has 0 bridgehead atoms. The van der Waals surface area contributed by atoms with Gasteiger partial charge in [0.15, 0.2) is 0 Å². The van der Waals surface area contributed by atoms with Gasteiger partial charge in [0.1, 0.15) is 5.75 Å². The summed E-state index contributed by atoms with van der Waals surface area (Å²) in [6, 6.07) is 3.88. The number of nitrogens with zero attached hydrogens (tertiary/aromatic N) is 1. The van der Waals surface area contributed by atoms with Crippen LogP contribution in [-0.4, -0.2) is 11.6 Å². The third kappa shape index (κ3) is 2.22. The van der Waals surface area contributed by atoms with Crippen molar-refractivity contribution in [2.24, 2.45) is 0 Å². The Kier molecular flexibility index (Phi) is 3.58. The van der Waals surface area contributed by atoms with E-state index in [9.17, 15) is 0 Å². The summed E-state index contributed by atoms with van der Waals surface area (Å²) >= 11 is 0. The molecule has 0 saturated heterocycles. The molecule has 1 aromatic rings. The fourth-order valence-electron chi connectivity index (χ4n) is 1.13. The van der Waals surface area contributed by atoms with Crippen molar-refractivity contribution in [3.05, 3.63) is 24.0 Å². The van der Waals surface area contributed by atoms with Crippen LogP contribution >= 0.6 is 0 Å². The number of rotatable bonds is 4. The fraction of sp³-hybridized carbons (Fsp3) is 0.500. The van der Waals surface area contributed by atoms with Crippen LogP contribution in [0.25, 0.3) is 0 Å². The predicted octanol–water partition coefficient (Wildman–Crippen LogP) is 2.43. The Hall–Kier alpha value is -1.05. The van der Waals surface area contributed by atoms with Crippen molar-refractivity contribution in [3.8, 4) is 5.75 Å². The Balaban J connectivity index is 2.77. The molecule has 0 N–H and O–H groups in total. The van der Waals surface area contributed by atoms with Crippen LogP contribution in [0.4, 0.5) is 0 Å². The predicted molar refractivity (Wildman–Crippen MR) is 49.4 cm³/mol. The molecule has 12 heavy (non-hydrogen) atoms. The van der Waals surface area contributed by atoms with Gasteiger partial charge in [-0.2, -0.15) is 0 Å². The second-order valence-electron chi connectivity index (χ2n) is 2.63. The first-order valence-corrected chi connectivity index (χ1v) is 4.45. The van der Waals surface area contributed by atoms with Crippen LogP contribution in [0.2, 0.25) is 0 Å². The van der Waals surface area contributed by atoms with Gasteiger partial charge >= 0.3 is 0 Å². The minimum absolute atomic E-state index is 0.711. The number of hydrogen-bond acceptors (Lipinski definition) is 2. The third-order valence-electron chi connectivity index (χ3n) is 1.64. The Labute approximate surface area is 73.6 Å². The SMILES string of the molecule is CCCc1ncccc1OCC. The molecule has 1 rings (SSSR count). The molecule has 0 atom stereocenters. The zero-order chi connectivity index (χ0) is 8.81. The smallest absolute Gasteiger partial charge is 0.140 e. The highest BCUT2D eigenvalue weighted by molar-refractivity contribution is 5.26. The van der Waals surface area contributed by atoms with Gasteiger partial charge in [-0.3, -0.25) is 4.98 Å². The highest BCUT2D eigenvalue weighted by atomic mass is 16.5. The Morgan fingerprint density at radius 2 is 2.25 bits per heavy atom. The van der Waals surface area contributed by atoms with E-state index in [1.165, 1.54) is 0 Å². The maximum atomic E-state index is 5.43. The molecule has 66 valence electrons. The van der Waals surface area contributed by atoms with Crippen LogP contribution in [0.5, 0.6) is 5.75 Å². The summed E-state index contributed by atoms with van der Waals surface area (Å²) in [6.07, 6.45) is 3.92. The van der Waals surface area contributed by atoms with Gasteiger partial charge in [-0.1, -0.05) is 13.3 Å². The van der Waals surface area contributed by atoms with Crippen molar-refractivity contribution in [1.29, 1.82) is 0 Å². The molecule has 0 spiro atoms. The van der Waals surface area contributed by atoms with E-state index >= 15 is 0 Å². The molecule has 0 radical (unpaired) electrons. The van der Waals surface area contributed by atoms with Crippen LogP contribution in [0.3, 0.4) is 0 Å². The third-order valence-corrected chi connectivity index (χ3v) is 1.64. The number of ether oxygens (including phenoxy) is 1. The van der Waals surface area contributed by atoms with E-state index in [0.29, 0.717) is 6.61 Å². The molecular formula is C10H15NO. The number of hydrogen-bond donors (Lipinski definition) is 0. The number of pyridine rings is 1. The second-order valence-corrected chi connectivity index (χ2v) is 2.63. The van der Waals surface area contributed by atoms with Gasteiger partial charge in [0.2, 0.25) is 0 Å². The lowest BCUT2D eigenvalue weighted by Gasteiger charge is -2.06. The van der Waals surface area contributed by atoms with Gasteiger partial charge in [0.05, 0.1) is 12.3 Å². The lowest BCUT2D eigenvalue weighted by Crippen LogP contribution is -1.98. The minimum atomic E-state index is 0.711. The molecule has 0 aliphatic rings. The zero-order valence-corrected chi connectivity index (χ0v) is 7.71. The molecule has 0 aliphatic carbocycles. The Bertz CT molecular complexity index is 210. The van der Waals surface area contributed by atoms with Crippen molar-refractivity contribution < 1.29 is 4.74 Å². The quantitative estimate of drug-likeness (QED) is 0.683. The van der Waals surface area contributed by atoms with Gasteiger partial charge in [0, 0.05) is 6.20 Å². The van der Waals surface area contributed by atoms with E-state index in [0.717, 1.165) is 24.3 Å². The summed E-state index contributed by atoms with van der Waals surface area (Å²) in [5.41, 5.74) is 1.07. The van der Waals surface area contributed by atoms with E-state index < -0.39 is 0 Å². The maximum Gasteiger partial charge on any atom is 0.140 e. The minimum Gasteiger partial charge on any atom is -0.492 e. The summed E-state index contributed by atoms with van der Waals surface area (Å²) in [4.78, 5) is 4.26. The monoisotopic (exact) mass is 165 g/mol. The number of aromatic nitrogens is 1. The Morgan fingerprint density at radius 3 is 2.92 bits per heavy atom. The molecule has 2 nitrogen and oxygen atoms in total. The van der Waals surface area contributed by atoms with Crippen LogP contribution in [-0.2, 0) is 6.42 Å². The van der Waals surface area contributed by atoms with Crippen LogP contribution in [0, 0.1) is 0 Å². The highest BCUT2D eigenvalue weighted by Gasteiger charge is 2.01. The van der Waals surface area contributed by atoms with E-state index in [2.05, 4.69) is 11.9 Å². The Morgan fingerprint density at radius 1 is 1.42 bits per heavy atom. The molecule has 0 unspecified atom stereocenters. The maximum absolute atomic E-state index is 5.43. The van der Waals surface area contributed by atoms with Crippen LogP contribution in [0.1, 0.15) is 26.0 Å². The van der Waals surface area contributed by atoms with Crippen molar-refractivity contribution in [2.45, 2.75) is 26.7 Å². The average Bonchev–Trinajstić information content (AvgIpc) is 2.09. The normalized spacial score (nSPS) is 9.83. The van der Waals surface area contributed by atoms with Gasteiger partial charge in [0.25, 0.3) is 0 Å². The van der Waals surface area contributed by atoms with Crippen LogP contribution in [0.15, 0.2) is 18.3 Å². The summed E-state index contributed by atoms with van der Waals surface area (Å²) in [5.74, 6) is 0.932. The zero-order valence-electron chi connectivity index (χ0n) is 7.71. The molecule has 2 heteroatoms. The lowest BCUT2D eigenvalue weighted by molar-refractivity contribution is 0.334. The number of aryl methyl sites for hydroxylation is 1. The van der Waals surface area contributed by atoms with Gasteiger partial charge in [-0.05, 0) is 25.5 Å². The lowest BCUT2D eigenvalue weighted by atomic mass is 10.2. The first kappa shape index (κ1) is 9.04. The molecule has 1 heterocycles. The van der Waals surface area contributed by atoms with Gasteiger partial charge < -0.3 is 4.74 Å². The highest BCUT2D eigenvalue weighted by Crippen LogP contribution is 2.16. The molecule has 0 aliphatic heterocycles. The molecule has 0 amide bonds. The van der Waals surface area contributed by atoms with Crippen molar-refractivity contribution in [3.63, 3.8) is 0 Å².